The molecular formula is C21H26N4O4. The molecule has 29 heavy (non-hydrogen) atoms. The van der Waals surface area contributed by atoms with E-state index in [1.54, 1.807) is 45.4 Å². The van der Waals surface area contributed by atoms with Crippen molar-refractivity contribution in [1.82, 2.24) is 10.7 Å². The lowest BCUT2D eigenvalue weighted by atomic mass is 10.1. The van der Waals surface area contributed by atoms with Crippen molar-refractivity contribution in [3.8, 4) is 11.5 Å². The highest BCUT2D eigenvalue weighted by Gasteiger charge is 2.09. The average molecular weight is 398 g/mol. The number of hydrogen-bond acceptors (Lipinski definition) is 6. The van der Waals surface area contributed by atoms with Gasteiger partial charge in [0.2, 0.25) is 5.91 Å². The number of hydrogen-bond donors (Lipinski definition) is 3. The molecule has 8 heteroatoms. The second-order valence-electron chi connectivity index (χ2n) is 6.34. The lowest BCUT2D eigenvalue weighted by Gasteiger charge is -2.10. The number of para-hydroxylation sites is 1. The first-order valence-corrected chi connectivity index (χ1v) is 9.10. The third-order valence-electron chi connectivity index (χ3n) is 4.15. The van der Waals surface area contributed by atoms with Crippen LogP contribution in [0.3, 0.4) is 0 Å². The number of carbonyl (C=O) groups excluding carboxylic acids is 2. The number of rotatable bonds is 9. The van der Waals surface area contributed by atoms with Crippen molar-refractivity contribution >= 4 is 23.2 Å². The van der Waals surface area contributed by atoms with E-state index in [9.17, 15) is 9.59 Å². The van der Waals surface area contributed by atoms with Crippen LogP contribution in [0.15, 0.2) is 47.6 Å². The number of ether oxygens (including phenoxy) is 2. The van der Waals surface area contributed by atoms with Gasteiger partial charge in [-0.15, -0.1) is 0 Å². The predicted octanol–water partition coefficient (Wildman–Crippen LogP) is 2.14. The van der Waals surface area contributed by atoms with Crippen LogP contribution >= 0.6 is 0 Å². The SMILES string of the molecule is COc1ccc(CCNC(=O)C/C(C)=N/NC(=O)c2ccccc2N)cc1OC. The Kier molecular flexibility index (Phi) is 8.02. The van der Waals surface area contributed by atoms with E-state index in [2.05, 4.69) is 15.8 Å². The third kappa shape index (κ3) is 6.53. The zero-order valence-electron chi connectivity index (χ0n) is 16.8. The highest BCUT2D eigenvalue weighted by Crippen LogP contribution is 2.27. The van der Waals surface area contributed by atoms with E-state index in [0.29, 0.717) is 41.4 Å². The molecule has 0 bridgehead atoms. The minimum Gasteiger partial charge on any atom is -0.493 e. The fourth-order valence-electron chi connectivity index (χ4n) is 2.63. The number of nitrogens with zero attached hydrogens (tertiary/aromatic N) is 1. The highest BCUT2D eigenvalue weighted by atomic mass is 16.5. The van der Waals surface area contributed by atoms with Crippen molar-refractivity contribution < 1.29 is 19.1 Å². The van der Waals surface area contributed by atoms with E-state index in [-0.39, 0.29) is 12.3 Å². The van der Waals surface area contributed by atoms with Gasteiger partial charge in [0.1, 0.15) is 0 Å². The second kappa shape index (κ2) is 10.7. The van der Waals surface area contributed by atoms with Crippen LogP contribution in [0.5, 0.6) is 11.5 Å². The van der Waals surface area contributed by atoms with Crippen LogP contribution in [0.25, 0.3) is 0 Å². The monoisotopic (exact) mass is 398 g/mol. The standard InChI is InChI=1S/C21H26N4O4/c1-14(24-25-21(27)16-6-4-5-7-17(16)22)12-20(26)23-11-10-15-8-9-18(28-2)19(13-15)29-3/h4-9,13H,10-12,22H2,1-3H3,(H,23,26)(H,25,27)/b24-14+. The van der Waals surface area contributed by atoms with Crippen molar-refractivity contribution in [3.05, 3.63) is 53.6 Å². The summed E-state index contributed by atoms with van der Waals surface area (Å²) in [5.41, 5.74) is 10.4. The Labute approximate surface area is 170 Å². The average Bonchev–Trinajstić information content (AvgIpc) is 2.72. The number of hydrazone groups is 1. The van der Waals surface area contributed by atoms with Gasteiger partial charge in [-0.25, -0.2) is 5.43 Å². The van der Waals surface area contributed by atoms with Gasteiger partial charge >= 0.3 is 0 Å². The fraction of sp³-hybridized carbons (Fsp3) is 0.286. The lowest BCUT2D eigenvalue weighted by Crippen LogP contribution is -2.28. The summed E-state index contributed by atoms with van der Waals surface area (Å²) in [6.07, 6.45) is 0.725. The molecule has 154 valence electrons. The van der Waals surface area contributed by atoms with Gasteiger partial charge in [-0.2, -0.15) is 5.10 Å². The molecule has 0 aromatic heterocycles. The summed E-state index contributed by atoms with van der Waals surface area (Å²) in [6.45, 7) is 2.14. The molecule has 0 heterocycles. The molecule has 2 aromatic rings. The molecule has 2 amide bonds. The highest BCUT2D eigenvalue weighted by molar-refractivity contribution is 6.02. The van der Waals surface area contributed by atoms with E-state index >= 15 is 0 Å². The molecule has 0 aliphatic carbocycles. The maximum atomic E-state index is 12.1. The molecule has 0 atom stereocenters. The lowest BCUT2D eigenvalue weighted by molar-refractivity contribution is -0.119. The Morgan fingerprint density at radius 3 is 2.48 bits per heavy atom. The number of nitrogens with one attached hydrogen (secondary N) is 2. The number of carbonyl (C=O) groups is 2. The minimum atomic E-state index is -0.420. The first-order valence-electron chi connectivity index (χ1n) is 9.10. The summed E-state index contributed by atoms with van der Waals surface area (Å²) in [5.74, 6) is 0.706. The normalized spacial score (nSPS) is 10.9. The number of nitrogen functional groups attached to an aromatic ring is 1. The second-order valence-corrected chi connectivity index (χ2v) is 6.34. The zero-order valence-corrected chi connectivity index (χ0v) is 16.8. The van der Waals surface area contributed by atoms with Crippen LogP contribution in [0.1, 0.15) is 29.3 Å². The molecule has 2 rings (SSSR count). The summed E-state index contributed by atoms with van der Waals surface area (Å²) in [7, 11) is 3.16. The summed E-state index contributed by atoms with van der Waals surface area (Å²) in [5, 5.41) is 6.79. The first-order chi connectivity index (χ1) is 13.9. The molecule has 0 aliphatic rings. The summed E-state index contributed by atoms with van der Waals surface area (Å²) in [6, 6.07) is 12.3. The summed E-state index contributed by atoms with van der Waals surface area (Å²) in [4.78, 5) is 24.1. The third-order valence-corrected chi connectivity index (χ3v) is 4.15. The molecule has 0 radical (unpaired) electrons. The van der Waals surface area contributed by atoms with Crippen LogP contribution < -0.4 is 25.9 Å². The minimum absolute atomic E-state index is 0.0798. The van der Waals surface area contributed by atoms with Crippen molar-refractivity contribution in [3.63, 3.8) is 0 Å². The van der Waals surface area contributed by atoms with E-state index in [1.165, 1.54) is 0 Å². The number of methoxy groups -OCH3 is 2. The molecule has 0 unspecified atom stereocenters. The predicted molar refractivity (Wildman–Crippen MR) is 112 cm³/mol. The van der Waals surface area contributed by atoms with Gasteiger partial charge in [-0.05, 0) is 43.2 Å². The summed E-state index contributed by atoms with van der Waals surface area (Å²) < 4.78 is 10.5. The van der Waals surface area contributed by atoms with Crippen LogP contribution in [-0.2, 0) is 11.2 Å². The smallest absolute Gasteiger partial charge is 0.273 e. The number of nitrogens with two attached hydrogens (primary N) is 1. The molecule has 0 saturated heterocycles. The van der Waals surface area contributed by atoms with Crippen molar-refractivity contribution in [2.24, 2.45) is 5.10 Å². The van der Waals surface area contributed by atoms with Gasteiger partial charge in [-0.1, -0.05) is 18.2 Å². The maximum absolute atomic E-state index is 12.1. The van der Waals surface area contributed by atoms with Gasteiger partial charge < -0.3 is 20.5 Å². The van der Waals surface area contributed by atoms with Crippen molar-refractivity contribution in [1.29, 1.82) is 0 Å². The van der Waals surface area contributed by atoms with Crippen LogP contribution in [0.4, 0.5) is 5.69 Å². The first kappa shape index (κ1) is 21.7. The Bertz CT molecular complexity index is 896. The molecule has 4 N–H and O–H groups in total. The molecule has 0 fully saturated rings. The Hall–Kier alpha value is -3.55. The molecule has 2 aromatic carbocycles. The van der Waals surface area contributed by atoms with E-state index in [1.807, 2.05) is 18.2 Å². The van der Waals surface area contributed by atoms with E-state index in [4.69, 9.17) is 15.2 Å². The Morgan fingerprint density at radius 1 is 1.07 bits per heavy atom. The quantitative estimate of drug-likeness (QED) is 0.340. The fourth-order valence-corrected chi connectivity index (χ4v) is 2.63. The number of benzene rings is 2. The largest absolute Gasteiger partial charge is 0.493 e. The van der Waals surface area contributed by atoms with Crippen molar-refractivity contribution in [2.75, 3.05) is 26.5 Å². The van der Waals surface area contributed by atoms with E-state index < -0.39 is 5.91 Å². The van der Waals surface area contributed by atoms with Gasteiger partial charge in [-0.3, -0.25) is 9.59 Å². The van der Waals surface area contributed by atoms with Crippen LogP contribution in [0.2, 0.25) is 0 Å². The maximum Gasteiger partial charge on any atom is 0.273 e. The molecule has 0 saturated carbocycles. The zero-order chi connectivity index (χ0) is 21.2. The molecular weight excluding hydrogens is 372 g/mol. The Morgan fingerprint density at radius 2 is 1.79 bits per heavy atom. The topological polar surface area (TPSA) is 115 Å². The van der Waals surface area contributed by atoms with Crippen LogP contribution in [-0.4, -0.2) is 38.3 Å². The van der Waals surface area contributed by atoms with Crippen LogP contribution in [0, 0.1) is 0 Å². The number of amides is 2. The van der Waals surface area contributed by atoms with E-state index in [0.717, 1.165) is 5.56 Å². The van der Waals surface area contributed by atoms with Gasteiger partial charge in [0, 0.05) is 17.9 Å². The van der Waals surface area contributed by atoms with Gasteiger partial charge in [0.15, 0.2) is 11.5 Å². The van der Waals surface area contributed by atoms with Gasteiger partial charge in [0.25, 0.3) is 5.91 Å². The van der Waals surface area contributed by atoms with Crippen molar-refractivity contribution in [2.45, 2.75) is 19.8 Å². The molecule has 0 spiro atoms. The Balaban J connectivity index is 1.79. The number of anilines is 1. The summed E-state index contributed by atoms with van der Waals surface area (Å²) >= 11 is 0. The molecule has 8 nitrogen and oxygen atoms in total. The molecule has 0 aliphatic heterocycles. The van der Waals surface area contributed by atoms with Gasteiger partial charge in [0.05, 0.1) is 26.2 Å².